The third-order valence-corrected chi connectivity index (χ3v) is 2.43. The molecule has 0 atom stereocenters. The van der Waals surface area contributed by atoms with Crippen molar-refractivity contribution in [2.24, 2.45) is 0 Å². The fourth-order valence-electron chi connectivity index (χ4n) is 1.50. The van der Waals surface area contributed by atoms with Crippen molar-refractivity contribution in [2.75, 3.05) is 19.0 Å². The molecule has 0 heterocycles. The number of esters is 1. The second-order valence-corrected chi connectivity index (χ2v) is 3.72. The number of hydrogen-bond acceptors (Lipinski definition) is 5. The minimum Gasteiger partial charge on any atom is -0.465 e. The van der Waals surface area contributed by atoms with Crippen LogP contribution in [0.1, 0.15) is 23.2 Å². The van der Waals surface area contributed by atoms with Crippen LogP contribution in [0.15, 0.2) is 18.2 Å². The van der Waals surface area contributed by atoms with Gasteiger partial charge >= 0.3 is 5.97 Å². The lowest BCUT2D eigenvalue weighted by Gasteiger charge is -2.07. The van der Waals surface area contributed by atoms with Crippen LogP contribution >= 0.6 is 0 Å². The minimum atomic E-state index is -0.540. The number of nitro groups is 1. The summed E-state index contributed by atoms with van der Waals surface area (Å²) in [4.78, 5) is 21.7. The standard InChI is InChI=1S/C13H14N2O4/c1-3-4-5-8-14-11-9-10(13(16)19-2)6-7-12(11)15(17)18/h1,6-7,9,14H,4-5,8H2,2H3. The molecule has 100 valence electrons. The SMILES string of the molecule is C#CCCCNc1cc(C(=O)OC)ccc1[N+](=O)[O-]. The van der Waals surface area contributed by atoms with Crippen molar-refractivity contribution in [3.63, 3.8) is 0 Å². The Balaban J connectivity index is 2.92. The van der Waals surface area contributed by atoms with E-state index in [9.17, 15) is 14.9 Å². The summed E-state index contributed by atoms with van der Waals surface area (Å²) in [6, 6.07) is 4.03. The predicted molar refractivity (Wildman–Crippen MR) is 71.0 cm³/mol. The molecular formula is C13H14N2O4. The Morgan fingerprint density at radius 2 is 2.32 bits per heavy atom. The van der Waals surface area contributed by atoms with Crippen molar-refractivity contribution in [1.82, 2.24) is 0 Å². The van der Waals surface area contributed by atoms with Gasteiger partial charge in [-0.3, -0.25) is 10.1 Å². The summed E-state index contributed by atoms with van der Waals surface area (Å²) in [5.41, 5.74) is 0.450. The quantitative estimate of drug-likeness (QED) is 0.279. The van der Waals surface area contributed by atoms with Gasteiger partial charge in [0.1, 0.15) is 5.69 Å². The van der Waals surface area contributed by atoms with Crippen LogP contribution in [0, 0.1) is 22.5 Å². The number of nitro benzene ring substituents is 1. The third kappa shape index (κ3) is 4.00. The van der Waals surface area contributed by atoms with Crippen LogP contribution in [0.25, 0.3) is 0 Å². The molecule has 0 aromatic heterocycles. The van der Waals surface area contributed by atoms with Crippen molar-refractivity contribution in [2.45, 2.75) is 12.8 Å². The van der Waals surface area contributed by atoms with Crippen LogP contribution in [0.4, 0.5) is 11.4 Å². The van der Waals surface area contributed by atoms with Gasteiger partial charge in [0.15, 0.2) is 0 Å². The highest BCUT2D eigenvalue weighted by Crippen LogP contribution is 2.25. The molecule has 0 radical (unpaired) electrons. The average molecular weight is 262 g/mol. The molecule has 1 rings (SSSR count). The number of terminal acetylenes is 1. The first-order valence-electron chi connectivity index (χ1n) is 5.64. The first kappa shape index (κ1) is 14.5. The zero-order valence-electron chi connectivity index (χ0n) is 10.5. The molecule has 19 heavy (non-hydrogen) atoms. The molecule has 0 aliphatic heterocycles. The van der Waals surface area contributed by atoms with E-state index >= 15 is 0 Å². The van der Waals surface area contributed by atoms with E-state index in [1.165, 1.54) is 25.3 Å². The van der Waals surface area contributed by atoms with Gasteiger partial charge < -0.3 is 10.1 Å². The first-order valence-corrected chi connectivity index (χ1v) is 5.64. The molecule has 6 heteroatoms. The molecule has 0 aliphatic rings. The van der Waals surface area contributed by atoms with E-state index in [1.807, 2.05) is 0 Å². The molecule has 6 nitrogen and oxygen atoms in total. The number of hydrogen-bond donors (Lipinski definition) is 1. The lowest BCUT2D eigenvalue weighted by molar-refractivity contribution is -0.384. The van der Waals surface area contributed by atoms with Crippen molar-refractivity contribution in [3.05, 3.63) is 33.9 Å². The van der Waals surface area contributed by atoms with Gasteiger partial charge in [-0.2, -0.15) is 0 Å². The molecule has 1 N–H and O–H groups in total. The van der Waals surface area contributed by atoms with E-state index in [0.29, 0.717) is 19.4 Å². The van der Waals surface area contributed by atoms with E-state index < -0.39 is 10.9 Å². The third-order valence-electron chi connectivity index (χ3n) is 2.43. The fraction of sp³-hybridized carbons (Fsp3) is 0.308. The van der Waals surface area contributed by atoms with Crippen LogP contribution in [-0.4, -0.2) is 24.5 Å². The zero-order chi connectivity index (χ0) is 14.3. The predicted octanol–water partition coefficient (Wildman–Crippen LogP) is 2.21. The highest BCUT2D eigenvalue weighted by molar-refractivity contribution is 5.91. The van der Waals surface area contributed by atoms with Gasteiger partial charge in [-0.25, -0.2) is 4.79 Å². The number of ether oxygens (including phenoxy) is 1. The van der Waals surface area contributed by atoms with E-state index in [1.54, 1.807) is 0 Å². The van der Waals surface area contributed by atoms with Gasteiger partial charge in [-0.1, -0.05) is 0 Å². The second kappa shape index (κ2) is 7.01. The molecule has 0 spiro atoms. The summed E-state index contributed by atoms with van der Waals surface area (Å²) in [6.45, 7) is 0.496. The summed E-state index contributed by atoms with van der Waals surface area (Å²) in [6.07, 6.45) is 6.39. The highest BCUT2D eigenvalue weighted by Gasteiger charge is 2.16. The lowest BCUT2D eigenvalue weighted by atomic mass is 10.1. The summed E-state index contributed by atoms with van der Waals surface area (Å²) in [7, 11) is 1.25. The number of carbonyl (C=O) groups is 1. The second-order valence-electron chi connectivity index (χ2n) is 3.72. The number of benzene rings is 1. The van der Waals surface area contributed by atoms with Crippen molar-refractivity contribution < 1.29 is 14.5 Å². The van der Waals surface area contributed by atoms with Gasteiger partial charge in [-0.15, -0.1) is 12.3 Å². The van der Waals surface area contributed by atoms with Gasteiger partial charge in [0.05, 0.1) is 17.6 Å². The van der Waals surface area contributed by atoms with Gasteiger partial charge in [0.2, 0.25) is 0 Å². The van der Waals surface area contributed by atoms with Crippen LogP contribution in [0.2, 0.25) is 0 Å². The number of unbranched alkanes of at least 4 members (excludes halogenated alkanes) is 1. The molecule has 1 aromatic carbocycles. The van der Waals surface area contributed by atoms with Gasteiger partial charge in [0.25, 0.3) is 5.69 Å². The van der Waals surface area contributed by atoms with Crippen molar-refractivity contribution in [3.8, 4) is 12.3 Å². The molecule has 0 bridgehead atoms. The molecule has 0 saturated carbocycles. The molecule has 0 amide bonds. The van der Waals surface area contributed by atoms with E-state index in [2.05, 4.69) is 16.0 Å². The van der Waals surface area contributed by atoms with E-state index in [4.69, 9.17) is 6.42 Å². The summed E-state index contributed by atoms with van der Waals surface area (Å²) >= 11 is 0. The van der Waals surface area contributed by atoms with E-state index in [-0.39, 0.29) is 16.9 Å². The Morgan fingerprint density at radius 3 is 2.89 bits per heavy atom. The van der Waals surface area contributed by atoms with E-state index in [0.717, 1.165) is 0 Å². The zero-order valence-corrected chi connectivity index (χ0v) is 10.5. The summed E-state index contributed by atoms with van der Waals surface area (Å²) in [5.74, 6) is 1.94. The Hall–Kier alpha value is -2.55. The summed E-state index contributed by atoms with van der Waals surface area (Å²) in [5, 5.41) is 13.8. The van der Waals surface area contributed by atoms with Gasteiger partial charge in [0, 0.05) is 19.0 Å². The Morgan fingerprint density at radius 1 is 1.58 bits per heavy atom. The van der Waals surface area contributed by atoms with Crippen molar-refractivity contribution in [1.29, 1.82) is 0 Å². The first-order chi connectivity index (χ1) is 9.10. The van der Waals surface area contributed by atoms with Crippen LogP contribution in [-0.2, 0) is 4.74 Å². The normalized spacial score (nSPS) is 9.47. The maximum atomic E-state index is 11.4. The largest absolute Gasteiger partial charge is 0.465 e. The van der Waals surface area contributed by atoms with Crippen LogP contribution < -0.4 is 5.32 Å². The topological polar surface area (TPSA) is 81.5 Å². The molecule has 0 fully saturated rings. The highest BCUT2D eigenvalue weighted by atomic mass is 16.6. The Labute approximate surface area is 110 Å². The number of nitrogens with zero attached hydrogens (tertiary/aromatic N) is 1. The number of rotatable bonds is 6. The maximum absolute atomic E-state index is 11.4. The number of nitrogens with one attached hydrogen (secondary N) is 1. The minimum absolute atomic E-state index is 0.0895. The molecular weight excluding hydrogens is 248 g/mol. The van der Waals surface area contributed by atoms with Crippen molar-refractivity contribution >= 4 is 17.3 Å². The smallest absolute Gasteiger partial charge is 0.337 e. The van der Waals surface area contributed by atoms with Crippen LogP contribution in [0.5, 0.6) is 0 Å². The number of carbonyl (C=O) groups excluding carboxylic acids is 1. The Bertz CT molecular complexity index is 520. The lowest BCUT2D eigenvalue weighted by Crippen LogP contribution is -2.07. The molecule has 0 unspecified atom stereocenters. The van der Waals surface area contributed by atoms with Crippen LogP contribution in [0.3, 0.4) is 0 Å². The fourth-order valence-corrected chi connectivity index (χ4v) is 1.50. The summed E-state index contributed by atoms with van der Waals surface area (Å²) < 4.78 is 4.57. The number of anilines is 1. The maximum Gasteiger partial charge on any atom is 0.337 e. The molecule has 0 saturated heterocycles. The van der Waals surface area contributed by atoms with Gasteiger partial charge in [-0.05, 0) is 18.6 Å². The average Bonchev–Trinajstić information content (AvgIpc) is 2.42. The molecule has 1 aromatic rings. The number of methoxy groups -OCH3 is 1. The Kier molecular flexibility index (Phi) is 5.35. The monoisotopic (exact) mass is 262 g/mol. The molecule has 0 aliphatic carbocycles.